The van der Waals surface area contributed by atoms with E-state index in [-0.39, 0.29) is 11.9 Å². The number of hydrogen-bond acceptors (Lipinski definition) is 4. The first-order valence-electron chi connectivity index (χ1n) is 10.1. The molecule has 1 atom stereocenters. The van der Waals surface area contributed by atoms with Gasteiger partial charge in [0.15, 0.2) is 0 Å². The lowest BCUT2D eigenvalue weighted by Crippen LogP contribution is -2.27. The SMILES string of the molecule is COc1cccc(CCCONC(=O)c2ccc3[nH]c4c(c3c2)CC(N)CC4)c1. The third-order valence-electron chi connectivity index (χ3n) is 5.50. The van der Waals surface area contributed by atoms with Crippen LogP contribution in [0.2, 0.25) is 0 Å². The summed E-state index contributed by atoms with van der Waals surface area (Å²) in [6.45, 7) is 0.444. The Morgan fingerprint density at radius 2 is 2.17 bits per heavy atom. The molecule has 4 N–H and O–H groups in total. The number of carbonyl (C=O) groups excluding carboxylic acids is 1. The van der Waals surface area contributed by atoms with E-state index in [2.05, 4.69) is 16.5 Å². The number of amides is 1. The van der Waals surface area contributed by atoms with Crippen LogP contribution in [0.1, 0.15) is 40.0 Å². The van der Waals surface area contributed by atoms with Crippen LogP contribution in [0.5, 0.6) is 5.75 Å². The van der Waals surface area contributed by atoms with Gasteiger partial charge in [0.2, 0.25) is 0 Å². The minimum absolute atomic E-state index is 0.187. The maximum absolute atomic E-state index is 12.5. The van der Waals surface area contributed by atoms with E-state index < -0.39 is 0 Å². The number of hydroxylamine groups is 1. The van der Waals surface area contributed by atoms with Crippen molar-refractivity contribution in [1.82, 2.24) is 10.5 Å². The normalized spacial score (nSPS) is 15.9. The highest BCUT2D eigenvalue weighted by Crippen LogP contribution is 2.29. The number of aryl methyl sites for hydroxylation is 2. The van der Waals surface area contributed by atoms with Crippen molar-refractivity contribution in [3.05, 3.63) is 64.8 Å². The molecular formula is C23H27N3O3. The third kappa shape index (κ3) is 4.44. The molecule has 0 spiro atoms. The first-order valence-corrected chi connectivity index (χ1v) is 10.1. The van der Waals surface area contributed by atoms with Crippen LogP contribution in [-0.2, 0) is 24.1 Å². The summed E-state index contributed by atoms with van der Waals surface area (Å²) >= 11 is 0. The maximum Gasteiger partial charge on any atom is 0.274 e. The van der Waals surface area contributed by atoms with Crippen LogP contribution in [0, 0.1) is 0 Å². The van der Waals surface area contributed by atoms with Gasteiger partial charge in [0.1, 0.15) is 5.75 Å². The number of methoxy groups -OCH3 is 1. The van der Waals surface area contributed by atoms with Crippen LogP contribution in [0.3, 0.4) is 0 Å². The molecule has 1 aliphatic carbocycles. The molecule has 3 aromatic rings. The van der Waals surface area contributed by atoms with Gasteiger partial charge in [-0.3, -0.25) is 9.63 Å². The van der Waals surface area contributed by atoms with Gasteiger partial charge in [-0.05, 0) is 73.6 Å². The number of nitrogens with two attached hydrogens (primary N) is 1. The van der Waals surface area contributed by atoms with E-state index in [1.165, 1.54) is 16.8 Å². The molecule has 0 saturated carbocycles. The van der Waals surface area contributed by atoms with Crippen molar-refractivity contribution in [3.63, 3.8) is 0 Å². The zero-order valence-electron chi connectivity index (χ0n) is 16.7. The highest BCUT2D eigenvalue weighted by molar-refractivity contribution is 5.98. The molecule has 152 valence electrons. The minimum Gasteiger partial charge on any atom is -0.497 e. The van der Waals surface area contributed by atoms with E-state index >= 15 is 0 Å². The largest absolute Gasteiger partial charge is 0.497 e. The van der Waals surface area contributed by atoms with Gasteiger partial charge >= 0.3 is 0 Å². The molecule has 1 aromatic heterocycles. The third-order valence-corrected chi connectivity index (χ3v) is 5.50. The fourth-order valence-corrected chi connectivity index (χ4v) is 3.94. The summed E-state index contributed by atoms with van der Waals surface area (Å²) in [5, 5.41) is 1.08. The van der Waals surface area contributed by atoms with Gasteiger partial charge in [0.05, 0.1) is 13.7 Å². The summed E-state index contributed by atoms with van der Waals surface area (Å²) < 4.78 is 5.23. The molecule has 1 unspecified atom stereocenters. The molecule has 29 heavy (non-hydrogen) atoms. The molecule has 2 aromatic carbocycles. The summed E-state index contributed by atoms with van der Waals surface area (Å²) in [5.74, 6) is 0.614. The molecule has 1 heterocycles. The van der Waals surface area contributed by atoms with Gasteiger partial charge in [0.25, 0.3) is 5.91 Å². The predicted octanol–water partition coefficient (Wildman–Crippen LogP) is 3.29. The number of fused-ring (bicyclic) bond motifs is 3. The van der Waals surface area contributed by atoms with Gasteiger partial charge in [-0.15, -0.1) is 0 Å². The second-order valence-corrected chi connectivity index (χ2v) is 7.58. The van der Waals surface area contributed by atoms with Crippen molar-refractivity contribution in [2.24, 2.45) is 5.73 Å². The summed E-state index contributed by atoms with van der Waals surface area (Å²) in [5.41, 5.74) is 14.0. The number of aromatic nitrogens is 1. The van der Waals surface area contributed by atoms with E-state index in [9.17, 15) is 4.79 Å². The van der Waals surface area contributed by atoms with Crippen LogP contribution < -0.4 is 16.0 Å². The molecule has 1 aliphatic rings. The number of H-pyrrole nitrogens is 1. The molecule has 0 fully saturated rings. The highest BCUT2D eigenvalue weighted by Gasteiger charge is 2.20. The monoisotopic (exact) mass is 393 g/mol. The molecule has 4 rings (SSSR count). The van der Waals surface area contributed by atoms with Gasteiger partial charge in [0, 0.05) is 28.2 Å². The fraction of sp³-hybridized carbons (Fsp3) is 0.348. The Balaban J connectivity index is 1.31. The predicted molar refractivity (Wildman–Crippen MR) is 113 cm³/mol. The Morgan fingerprint density at radius 1 is 1.28 bits per heavy atom. The molecule has 0 aliphatic heterocycles. The lowest BCUT2D eigenvalue weighted by Gasteiger charge is -2.18. The Bertz CT molecular complexity index is 1010. The molecule has 0 radical (unpaired) electrons. The summed E-state index contributed by atoms with van der Waals surface area (Å²) in [6.07, 6.45) is 4.46. The van der Waals surface area contributed by atoms with Crippen molar-refractivity contribution in [3.8, 4) is 5.75 Å². The average molecular weight is 393 g/mol. The molecule has 0 bridgehead atoms. The van der Waals surface area contributed by atoms with E-state index in [1.54, 1.807) is 7.11 Å². The summed E-state index contributed by atoms with van der Waals surface area (Å²) in [6, 6.07) is 13.9. The quantitative estimate of drug-likeness (QED) is 0.424. The summed E-state index contributed by atoms with van der Waals surface area (Å²) in [4.78, 5) is 21.3. The van der Waals surface area contributed by atoms with E-state index in [0.717, 1.165) is 48.8 Å². The van der Waals surface area contributed by atoms with Crippen molar-refractivity contribution in [2.75, 3.05) is 13.7 Å². The maximum atomic E-state index is 12.5. The Morgan fingerprint density at radius 3 is 3.03 bits per heavy atom. The van der Waals surface area contributed by atoms with Crippen LogP contribution in [0.15, 0.2) is 42.5 Å². The zero-order valence-corrected chi connectivity index (χ0v) is 16.7. The molecule has 1 amide bonds. The number of nitrogens with one attached hydrogen (secondary N) is 2. The van der Waals surface area contributed by atoms with Crippen molar-refractivity contribution < 1.29 is 14.4 Å². The first-order chi connectivity index (χ1) is 14.1. The van der Waals surface area contributed by atoms with Crippen LogP contribution in [0.4, 0.5) is 0 Å². The van der Waals surface area contributed by atoms with Crippen molar-refractivity contribution in [2.45, 2.75) is 38.1 Å². The average Bonchev–Trinajstić information content (AvgIpc) is 3.10. The zero-order chi connectivity index (χ0) is 20.2. The summed E-state index contributed by atoms with van der Waals surface area (Å²) in [7, 11) is 1.66. The van der Waals surface area contributed by atoms with Crippen LogP contribution in [-0.4, -0.2) is 30.6 Å². The van der Waals surface area contributed by atoms with Crippen LogP contribution in [0.25, 0.3) is 10.9 Å². The lowest BCUT2D eigenvalue weighted by molar-refractivity contribution is 0.0304. The van der Waals surface area contributed by atoms with Gasteiger partial charge < -0.3 is 15.5 Å². The van der Waals surface area contributed by atoms with E-state index in [1.807, 2.05) is 36.4 Å². The molecule has 6 heteroatoms. The number of benzene rings is 2. The number of carbonyl (C=O) groups is 1. The lowest BCUT2D eigenvalue weighted by atomic mass is 9.92. The smallest absolute Gasteiger partial charge is 0.274 e. The molecule has 6 nitrogen and oxygen atoms in total. The van der Waals surface area contributed by atoms with Crippen molar-refractivity contribution in [1.29, 1.82) is 0 Å². The second kappa shape index (κ2) is 8.68. The standard InChI is InChI=1S/C23H27N3O3/c1-28-18-6-2-4-15(12-18)5-3-11-29-26-23(27)16-7-9-21-19(13-16)20-14-17(24)8-10-22(20)25-21/h2,4,6-7,9,12-13,17,25H,3,5,8,10-11,14,24H2,1H3,(H,26,27). The Kier molecular flexibility index (Phi) is 5.83. The minimum atomic E-state index is -0.233. The highest BCUT2D eigenvalue weighted by atomic mass is 16.6. The Hall–Kier alpha value is -2.83. The number of rotatable bonds is 7. The molecule has 0 saturated heterocycles. The van der Waals surface area contributed by atoms with Crippen molar-refractivity contribution >= 4 is 16.8 Å². The number of hydrogen-bond donors (Lipinski definition) is 3. The topological polar surface area (TPSA) is 89.4 Å². The first kappa shape index (κ1) is 19.5. The van der Waals surface area contributed by atoms with Gasteiger partial charge in [-0.1, -0.05) is 12.1 Å². The fourth-order valence-electron chi connectivity index (χ4n) is 3.94. The molecular weight excluding hydrogens is 366 g/mol. The number of aromatic amines is 1. The van der Waals surface area contributed by atoms with E-state index in [4.69, 9.17) is 15.3 Å². The Labute approximate surface area is 170 Å². The van der Waals surface area contributed by atoms with Gasteiger partial charge in [-0.25, -0.2) is 5.48 Å². The number of ether oxygens (including phenoxy) is 1. The van der Waals surface area contributed by atoms with E-state index in [0.29, 0.717) is 12.2 Å². The second-order valence-electron chi connectivity index (χ2n) is 7.58. The van der Waals surface area contributed by atoms with Gasteiger partial charge in [-0.2, -0.15) is 0 Å². The van der Waals surface area contributed by atoms with Crippen LogP contribution >= 0.6 is 0 Å².